The van der Waals surface area contributed by atoms with Crippen LogP contribution >= 0.6 is 0 Å². The van der Waals surface area contributed by atoms with E-state index in [0.717, 1.165) is 59.5 Å². The van der Waals surface area contributed by atoms with Gasteiger partial charge in [-0.3, -0.25) is 14.6 Å². The van der Waals surface area contributed by atoms with Crippen LogP contribution < -0.4 is 20.1 Å². The molecule has 2 saturated carbocycles. The van der Waals surface area contributed by atoms with Crippen molar-refractivity contribution in [1.29, 1.82) is 0 Å². The summed E-state index contributed by atoms with van der Waals surface area (Å²) < 4.78 is 11.7. The number of aromatic nitrogens is 2. The molecule has 37 heavy (non-hydrogen) atoms. The van der Waals surface area contributed by atoms with Gasteiger partial charge in [0.05, 0.1) is 24.8 Å². The first-order valence-corrected chi connectivity index (χ1v) is 13.4. The molecule has 2 heterocycles. The van der Waals surface area contributed by atoms with Gasteiger partial charge in [0.25, 0.3) is 5.91 Å². The van der Waals surface area contributed by atoms with Crippen LogP contribution in [-0.2, 0) is 4.79 Å². The van der Waals surface area contributed by atoms with Gasteiger partial charge in [0.2, 0.25) is 5.91 Å². The van der Waals surface area contributed by atoms with Gasteiger partial charge in [-0.25, -0.2) is 0 Å². The summed E-state index contributed by atoms with van der Waals surface area (Å²) in [4.78, 5) is 33.2. The predicted molar refractivity (Wildman–Crippen MR) is 143 cm³/mol. The summed E-state index contributed by atoms with van der Waals surface area (Å²) in [6.07, 6.45) is 8.08. The van der Waals surface area contributed by atoms with Crippen molar-refractivity contribution in [3.63, 3.8) is 0 Å². The van der Waals surface area contributed by atoms with Crippen LogP contribution in [0.15, 0.2) is 30.5 Å². The van der Waals surface area contributed by atoms with Crippen molar-refractivity contribution in [3.05, 3.63) is 41.7 Å². The second kappa shape index (κ2) is 10.8. The Morgan fingerprint density at radius 3 is 2.43 bits per heavy atom. The lowest BCUT2D eigenvalue weighted by atomic mass is 9.91. The van der Waals surface area contributed by atoms with E-state index < -0.39 is 0 Å². The second-order valence-corrected chi connectivity index (χ2v) is 10.3. The Hall–Kier alpha value is -3.55. The van der Waals surface area contributed by atoms with Crippen molar-refractivity contribution in [2.24, 2.45) is 5.92 Å². The number of nitrogens with zero attached hydrogens (tertiary/aromatic N) is 1. The molecule has 2 aromatic heterocycles. The molecule has 2 fully saturated rings. The largest absolute Gasteiger partial charge is 0.497 e. The molecule has 0 bridgehead atoms. The highest BCUT2D eigenvalue weighted by Gasteiger charge is 2.27. The van der Waals surface area contributed by atoms with Crippen molar-refractivity contribution in [2.45, 2.75) is 70.9 Å². The quantitative estimate of drug-likeness (QED) is 0.384. The van der Waals surface area contributed by atoms with Gasteiger partial charge in [-0.1, -0.05) is 6.92 Å². The average Bonchev–Trinajstić information content (AvgIpc) is 3.67. The Bertz CT molecular complexity index is 1290. The number of aromatic amines is 1. The minimum absolute atomic E-state index is 0.0793. The standard InChI is InChI=1S/C29H36N4O4/c1-4-25(34)32-19-7-9-20(10-8-19)33-29(35)26-17(2)31-27-22(13-14-30-28(26)27)23-15-21(36-3)11-12-24(23)37-16-18-5-6-18/h11-15,18-20,31H,4-10,16H2,1-3H3,(H,32,34)(H,33,35)/t19-,20+. The van der Waals surface area contributed by atoms with Crippen molar-refractivity contribution >= 4 is 22.8 Å². The van der Waals surface area contributed by atoms with E-state index in [4.69, 9.17) is 9.47 Å². The normalized spacial score (nSPS) is 19.4. The number of methoxy groups -OCH3 is 1. The molecule has 0 saturated heterocycles. The lowest BCUT2D eigenvalue weighted by molar-refractivity contribution is -0.121. The average molecular weight is 505 g/mol. The Balaban J connectivity index is 1.38. The maximum atomic E-state index is 13.4. The molecule has 196 valence electrons. The van der Waals surface area contributed by atoms with Gasteiger partial charge >= 0.3 is 0 Å². The molecule has 3 N–H and O–H groups in total. The molecule has 3 aromatic rings. The van der Waals surface area contributed by atoms with E-state index in [2.05, 4.69) is 20.6 Å². The summed E-state index contributed by atoms with van der Waals surface area (Å²) in [5.74, 6) is 2.13. The first-order chi connectivity index (χ1) is 18.0. The van der Waals surface area contributed by atoms with E-state index in [1.54, 1.807) is 13.3 Å². The number of carbonyl (C=O) groups is 2. The summed E-state index contributed by atoms with van der Waals surface area (Å²) in [6.45, 7) is 4.48. The van der Waals surface area contributed by atoms with Gasteiger partial charge in [-0.05, 0) is 75.6 Å². The first-order valence-electron chi connectivity index (χ1n) is 13.4. The van der Waals surface area contributed by atoms with Crippen LogP contribution in [0.25, 0.3) is 22.2 Å². The molecular weight excluding hydrogens is 468 g/mol. The van der Waals surface area contributed by atoms with Crippen LogP contribution in [0.3, 0.4) is 0 Å². The molecule has 2 aliphatic carbocycles. The summed E-state index contributed by atoms with van der Waals surface area (Å²) in [7, 11) is 1.65. The van der Waals surface area contributed by atoms with Crippen LogP contribution in [0.4, 0.5) is 0 Å². The van der Waals surface area contributed by atoms with Crippen molar-refractivity contribution in [1.82, 2.24) is 20.6 Å². The zero-order valence-electron chi connectivity index (χ0n) is 21.9. The van der Waals surface area contributed by atoms with Gasteiger partial charge in [0.15, 0.2) is 0 Å². The first kappa shape index (κ1) is 25.1. The Morgan fingerprint density at radius 1 is 1.03 bits per heavy atom. The predicted octanol–water partition coefficient (Wildman–Crippen LogP) is 4.90. The minimum atomic E-state index is -0.120. The molecule has 0 atom stereocenters. The van der Waals surface area contributed by atoms with Gasteiger partial charge in [0.1, 0.15) is 17.0 Å². The Kier molecular flexibility index (Phi) is 7.35. The number of nitrogens with one attached hydrogen (secondary N) is 3. The number of fused-ring (bicyclic) bond motifs is 1. The fraction of sp³-hybridized carbons (Fsp3) is 0.483. The number of carbonyl (C=O) groups excluding carboxylic acids is 2. The smallest absolute Gasteiger partial charge is 0.255 e. The highest BCUT2D eigenvalue weighted by Crippen LogP contribution is 2.39. The third-order valence-corrected chi connectivity index (χ3v) is 7.50. The van der Waals surface area contributed by atoms with Crippen LogP contribution in [0, 0.1) is 12.8 Å². The molecule has 2 aliphatic rings. The number of hydrogen-bond donors (Lipinski definition) is 3. The van der Waals surface area contributed by atoms with Crippen molar-refractivity contribution in [3.8, 4) is 22.6 Å². The maximum Gasteiger partial charge on any atom is 0.255 e. The lowest BCUT2D eigenvalue weighted by Crippen LogP contribution is -2.43. The zero-order valence-corrected chi connectivity index (χ0v) is 21.9. The number of aryl methyl sites for hydroxylation is 1. The van der Waals surface area contributed by atoms with Crippen LogP contribution in [0.2, 0.25) is 0 Å². The number of benzene rings is 1. The number of H-pyrrole nitrogens is 1. The number of rotatable bonds is 9. The Morgan fingerprint density at radius 2 is 1.76 bits per heavy atom. The van der Waals surface area contributed by atoms with Gasteiger partial charge in [-0.2, -0.15) is 0 Å². The highest BCUT2D eigenvalue weighted by molar-refractivity contribution is 6.09. The van der Waals surface area contributed by atoms with E-state index in [9.17, 15) is 9.59 Å². The molecule has 2 amide bonds. The molecule has 0 unspecified atom stereocenters. The number of ether oxygens (including phenoxy) is 2. The molecule has 1 aromatic carbocycles. The van der Waals surface area contributed by atoms with E-state index >= 15 is 0 Å². The SMILES string of the molecule is CCC(=O)N[C@H]1CC[C@@H](NC(=O)c2c(C)[nH]c3c(-c4cc(OC)ccc4OCC4CC4)ccnc23)CC1. The molecule has 0 aliphatic heterocycles. The number of hydrogen-bond acceptors (Lipinski definition) is 5. The molecular formula is C29H36N4O4. The maximum absolute atomic E-state index is 13.4. The van der Waals surface area contributed by atoms with Crippen molar-refractivity contribution < 1.29 is 19.1 Å². The number of amides is 2. The zero-order chi connectivity index (χ0) is 25.9. The van der Waals surface area contributed by atoms with Gasteiger partial charge in [-0.15, -0.1) is 0 Å². The molecule has 8 heteroatoms. The molecule has 8 nitrogen and oxygen atoms in total. The fourth-order valence-electron chi connectivity index (χ4n) is 5.14. The highest BCUT2D eigenvalue weighted by atomic mass is 16.5. The molecule has 0 radical (unpaired) electrons. The van der Waals surface area contributed by atoms with Crippen LogP contribution in [0.5, 0.6) is 11.5 Å². The van der Waals surface area contributed by atoms with E-state index in [1.165, 1.54) is 12.8 Å². The third-order valence-electron chi connectivity index (χ3n) is 7.50. The van der Waals surface area contributed by atoms with E-state index in [1.807, 2.05) is 38.1 Å². The van der Waals surface area contributed by atoms with Crippen LogP contribution in [-0.4, -0.2) is 47.6 Å². The minimum Gasteiger partial charge on any atom is -0.497 e. The third kappa shape index (κ3) is 5.58. The second-order valence-electron chi connectivity index (χ2n) is 10.3. The Labute approximate surface area is 217 Å². The molecule has 5 rings (SSSR count). The topological polar surface area (TPSA) is 105 Å². The summed E-state index contributed by atoms with van der Waals surface area (Å²) in [5.41, 5.74) is 4.63. The van der Waals surface area contributed by atoms with Gasteiger partial charge < -0.3 is 25.1 Å². The van der Waals surface area contributed by atoms with Crippen LogP contribution in [0.1, 0.15) is 67.9 Å². The lowest BCUT2D eigenvalue weighted by Gasteiger charge is -2.29. The number of pyridine rings is 1. The van der Waals surface area contributed by atoms with Crippen molar-refractivity contribution in [2.75, 3.05) is 13.7 Å². The van der Waals surface area contributed by atoms with E-state index in [-0.39, 0.29) is 23.9 Å². The van der Waals surface area contributed by atoms with E-state index in [0.29, 0.717) is 30.0 Å². The van der Waals surface area contributed by atoms with Gasteiger partial charge in [0, 0.05) is 41.5 Å². The summed E-state index contributed by atoms with van der Waals surface area (Å²) in [6, 6.07) is 8.05. The summed E-state index contributed by atoms with van der Waals surface area (Å²) in [5, 5.41) is 6.28. The fourth-order valence-corrected chi connectivity index (χ4v) is 5.14. The molecule has 0 spiro atoms. The monoisotopic (exact) mass is 504 g/mol. The summed E-state index contributed by atoms with van der Waals surface area (Å²) >= 11 is 0.